The van der Waals surface area contributed by atoms with Crippen LogP contribution in [-0.2, 0) is 9.59 Å². The van der Waals surface area contributed by atoms with E-state index in [2.05, 4.69) is 5.32 Å². The average Bonchev–Trinajstić information content (AvgIpc) is 2.82. The van der Waals surface area contributed by atoms with E-state index in [0.29, 0.717) is 25.2 Å². The van der Waals surface area contributed by atoms with E-state index in [1.807, 2.05) is 19.9 Å². The highest BCUT2D eigenvalue weighted by molar-refractivity contribution is 5.85. The van der Waals surface area contributed by atoms with E-state index in [9.17, 15) is 14.7 Å². The Kier molecular flexibility index (Phi) is 5.81. The lowest BCUT2D eigenvalue weighted by molar-refractivity contribution is -0.146. The number of amides is 1. The largest absolute Gasteiger partial charge is 0.481 e. The molecule has 19 heavy (non-hydrogen) atoms. The molecule has 0 bridgehead atoms. The van der Waals surface area contributed by atoms with Gasteiger partial charge in [-0.1, -0.05) is 20.3 Å². The first-order valence-corrected chi connectivity index (χ1v) is 6.93. The van der Waals surface area contributed by atoms with Crippen LogP contribution in [0.15, 0.2) is 0 Å². The molecule has 0 spiro atoms. The summed E-state index contributed by atoms with van der Waals surface area (Å²) in [6, 6.07) is 1.86. The Morgan fingerprint density at radius 3 is 2.47 bits per heavy atom. The molecule has 1 rings (SSSR count). The summed E-state index contributed by atoms with van der Waals surface area (Å²) in [5, 5.41) is 20.7. The lowest BCUT2D eigenvalue weighted by atomic mass is 9.95. The number of aliphatic carboxylic acids is 1. The van der Waals surface area contributed by atoms with Crippen LogP contribution in [-0.4, -0.2) is 23.0 Å². The third-order valence-electron chi connectivity index (χ3n) is 4.07. The summed E-state index contributed by atoms with van der Waals surface area (Å²) >= 11 is 0. The Balaban J connectivity index is 2.68. The second-order valence-corrected chi connectivity index (χ2v) is 5.27. The van der Waals surface area contributed by atoms with Gasteiger partial charge in [-0.15, -0.1) is 0 Å². The highest BCUT2D eigenvalue weighted by Crippen LogP contribution is 2.38. The standard InChI is InChI=1S/C14H22N2O3/c1-3-9-7-11(12(8-9)14(18)19)13(17)16-10(4-2)5-6-15/h9-12H,3-5,7-8H2,1-2H3,(H,16,17)(H,18,19). The number of hydrogen-bond acceptors (Lipinski definition) is 3. The molecule has 1 aliphatic carbocycles. The number of nitrogens with one attached hydrogen (secondary N) is 1. The lowest BCUT2D eigenvalue weighted by Crippen LogP contribution is -2.41. The molecule has 1 saturated carbocycles. The van der Waals surface area contributed by atoms with Crippen molar-refractivity contribution in [2.45, 2.75) is 52.0 Å². The molecule has 0 heterocycles. The average molecular weight is 266 g/mol. The van der Waals surface area contributed by atoms with E-state index >= 15 is 0 Å². The number of nitrogens with zero attached hydrogens (tertiary/aromatic N) is 1. The van der Waals surface area contributed by atoms with E-state index in [-0.39, 0.29) is 18.4 Å². The van der Waals surface area contributed by atoms with Crippen molar-refractivity contribution < 1.29 is 14.7 Å². The van der Waals surface area contributed by atoms with Gasteiger partial charge in [0.15, 0.2) is 0 Å². The van der Waals surface area contributed by atoms with Crippen molar-refractivity contribution in [3.63, 3.8) is 0 Å². The Morgan fingerprint density at radius 2 is 2.00 bits per heavy atom. The fourth-order valence-corrected chi connectivity index (χ4v) is 2.75. The summed E-state index contributed by atoms with van der Waals surface area (Å²) in [4.78, 5) is 23.4. The molecule has 0 radical (unpaired) electrons. The molecule has 0 saturated heterocycles. The van der Waals surface area contributed by atoms with E-state index in [0.717, 1.165) is 6.42 Å². The van der Waals surface area contributed by atoms with Crippen LogP contribution < -0.4 is 5.32 Å². The zero-order valence-corrected chi connectivity index (χ0v) is 11.6. The van der Waals surface area contributed by atoms with Gasteiger partial charge in [-0.25, -0.2) is 0 Å². The molecule has 5 nitrogen and oxygen atoms in total. The van der Waals surface area contributed by atoms with Gasteiger partial charge in [-0.2, -0.15) is 5.26 Å². The number of rotatable bonds is 6. The molecular formula is C14H22N2O3. The predicted octanol–water partition coefficient (Wildman–Crippen LogP) is 1.93. The van der Waals surface area contributed by atoms with Gasteiger partial charge in [0, 0.05) is 6.04 Å². The number of carboxylic acids is 1. The fraction of sp³-hybridized carbons (Fsp3) is 0.786. The monoisotopic (exact) mass is 266 g/mol. The number of nitriles is 1. The highest BCUT2D eigenvalue weighted by atomic mass is 16.4. The number of hydrogen-bond donors (Lipinski definition) is 2. The minimum atomic E-state index is -0.885. The number of carbonyl (C=O) groups is 2. The van der Waals surface area contributed by atoms with E-state index < -0.39 is 17.8 Å². The molecule has 4 unspecified atom stereocenters. The van der Waals surface area contributed by atoms with Gasteiger partial charge in [0.25, 0.3) is 0 Å². The van der Waals surface area contributed by atoms with Crippen LogP contribution in [0.25, 0.3) is 0 Å². The van der Waals surface area contributed by atoms with Crippen molar-refractivity contribution in [2.75, 3.05) is 0 Å². The molecule has 1 aliphatic rings. The fourth-order valence-electron chi connectivity index (χ4n) is 2.75. The zero-order valence-electron chi connectivity index (χ0n) is 11.6. The molecule has 0 aromatic carbocycles. The van der Waals surface area contributed by atoms with E-state index in [1.54, 1.807) is 0 Å². The summed E-state index contributed by atoms with van der Waals surface area (Å²) in [7, 11) is 0. The van der Waals surface area contributed by atoms with Gasteiger partial charge in [-0.3, -0.25) is 9.59 Å². The Bertz CT molecular complexity index is 375. The Hall–Kier alpha value is -1.57. The molecular weight excluding hydrogens is 244 g/mol. The van der Waals surface area contributed by atoms with Gasteiger partial charge in [-0.05, 0) is 25.2 Å². The van der Waals surface area contributed by atoms with Gasteiger partial charge in [0.05, 0.1) is 24.3 Å². The maximum Gasteiger partial charge on any atom is 0.307 e. The van der Waals surface area contributed by atoms with Gasteiger partial charge < -0.3 is 10.4 Å². The third-order valence-corrected chi connectivity index (χ3v) is 4.07. The Morgan fingerprint density at radius 1 is 1.37 bits per heavy atom. The van der Waals surface area contributed by atoms with Crippen molar-refractivity contribution in [1.82, 2.24) is 5.32 Å². The second kappa shape index (κ2) is 7.13. The normalized spacial score (nSPS) is 27.5. The molecule has 0 aromatic heterocycles. The molecule has 4 atom stereocenters. The number of carboxylic acid groups (broad SMARTS) is 1. The summed E-state index contributed by atoms with van der Waals surface area (Å²) in [6.45, 7) is 3.93. The van der Waals surface area contributed by atoms with Crippen LogP contribution in [0.4, 0.5) is 0 Å². The van der Waals surface area contributed by atoms with Crippen molar-refractivity contribution in [2.24, 2.45) is 17.8 Å². The molecule has 0 aliphatic heterocycles. The smallest absolute Gasteiger partial charge is 0.307 e. The second-order valence-electron chi connectivity index (χ2n) is 5.27. The lowest BCUT2D eigenvalue weighted by Gasteiger charge is -2.19. The van der Waals surface area contributed by atoms with Gasteiger partial charge >= 0.3 is 5.97 Å². The van der Waals surface area contributed by atoms with Crippen LogP contribution in [0.5, 0.6) is 0 Å². The van der Waals surface area contributed by atoms with E-state index in [4.69, 9.17) is 5.26 Å². The molecule has 0 aromatic rings. The first kappa shape index (κ1) is 15.5. The highest BCUT2D eigenvalue weighted by Gasteiger charge is 2.42. The molecule has 106 valence electrons. The van der Waals surface area contributed by atoms with Crippen molar-refractivity contribution in [3.05, 3.63) is 0 Å². The minimum Gasteiger partial charge on any atom is -0.481 e. The third kappa shape index (κ3) is 3.95. The summed E-state index contributed by atoms with van der Waals surface area (Å²) in [5.74, 6) is -1.80. The molecule has 1 fully saturated rings. The summed E-state index contributed by atoms with van der Waals surface area (Å²) < 4.78 is 0. The Labute approximate surface area is 114 Å². The van der Waals surface area contributed by atoms with E-state index in [1.165, 1.54) is 0 Å². The van der Waals surface area contributed by atoms with Crippen LogP contribution >= 0.6 is 0 Å². The van der Waals surface area contributed by atoms with Crippen molar-refractivity contribution >= 4 is 11.9 Å². The molecule has 5 heteroatoms. The molecule has 2 N–H and O–H groups in total. The topological polar surface area (TPSA) is 90.2 Å². The first-order chi connectivity index (χ1) is 9.03. The zero-order chi connectivity index (χ0) is 14.4. The van der Waals surface area contributed by atoms with Crippen LogP contribution in [0.3, 0.4) is 0 Å². The van der Waals surface area contributed by atoms with Crippen LogP contribution in [0, 0.1) is 29.1 Å². The van der Waals surface area contributed by atoms with Crippen molar-refractivity contribution in [1.29, 1.82) is 5.26 Å². The van der Waals surface area contributed by atoms with Gasteiger partial charge in [0.1, 0.15) is 0 Å². The van der Waals surface area contributed by atoms with Crippen molar-refractivity contribution in [3.8, 4) is 6.07 Å². The maximum absolute atomic E-state index is 12.2. The van der Waals surface area contributed by atoms with Crippen LogP contribution in [0.2, 0.25) is 0 Å². The summed E-state index contributed by atoms with van der Waals surface area (Å²) in [6.07, 6.45) is 3.08. The summed E-state index contributed by atoms with van der Waals surface area (Å²) in [5.41, 5.74) is 0. The minimum absolute atomic E-state index is 0.173. The first-order valence-electron chi connectivity index (χ1n) is 6.93. The predicted molar refractivity (Wildman–Crippen MR) is 70.1 cm³/mol. The van der Waals surface area contributed by atoms with Crippen LogP contribution in [0.1, 0.15) is 46.0 Å². The maximum atomic E-state index is 12.2. The quantitative estimate of drug-likeness (QED) is 0.768. The SMILES string of the molecule is CCC1CC(C(=O)O)C(C(=O)NC(CC)CC#N)C1. The van der Waals surface area contributed by atoms with Gasteiger partial charge in [0.2, 0.25) is 5.91 Å². The molecule has 1 amide bonds. The number of carbonyl (C=O) groups excluding carboxylic acids is 1.